The van der Waals surface area contributed by atoms with E-state index in [2.05, 4.69) is 13.2 Å². The first-order chi connectivity index (χ1) is 11.2. The van der Waals surface area contributed by atoms with Crippen LogP contribution in [0.3, 0.4) is 0 Å². The average molecular weight is 320 g/mol. The summed E-state index contributed by atoms with van der Waals surface area (Å²) in [4.78, 5) is 21.8. The Morgan fingerprint density at radius 2 is 1.65 bits per heavy atom. The predicted molar refractivity (Wildman–Crippen MR) is 83.9 cm³/mol. The summed E-state index contributed by atoms with van der Waals surface area (Å²) >= 11 is 0. The summed E-state index contributed by atoms with van der Waals surface area (Å²) in [6.45, 7) is 7.96. The molecule has 124 valence electrons. The monoisotopic (exact) mass is 320 g/mol. The first-order valence-electron chi connectivity index (χ1n) is 7.03. The zero-order chi connectivity index (χ0) is 16.9. The molecule has 0 spiro atoms. The highest BCUT2D eigenvalue weighted by atomic mass is 16.6. The van der Waals surface area contributed by atoms with Crippen LogP contribution in [0.5, 0.6) is 5.75 Å². The normalized spacial score (nSPS) is 9.74. The highest BCUT2D eigenvalue weighted by Crippen LogP contribution is 2.14. The lowest BCUT2D eigenvalue weighted by Gasteiger charge is -2.09. The standard InChI is InChI=1S/C17H20O6/c1-3-16(18)22-11-9-20-8-10-21-15-7-5-6-14(12-15)13-23-17(19)4-2/h3-7,12H,1-2,8-11,13H2. The molecule has 0 fully saturated rings. The molecular formula is C17H20O6. The molecule has 0 aliphatic rings. The quantitative estimate of drug-likeness (QED) is 0.353. The molecule has 0 bridgehead atoms. The minimum absolute atomic E-state index is 0.160. The Kier molecular flexibility index (Phi) is 8.85. The highest BCUT2D eigenvalue weighted by Gasteiger charge is 2.01. The number of carbonyl (C=O) groups is 2. The van der Waals surface area contributed by atoms with Crippen LogP contribution in [-0.2, 0) is 30.4 Å². The number of benzene rings is 1. The van der Waals surface area contributed by atoms with Crippen molar-refractivity contribution in [2.24, 2.45) is 0 Å². The molecule has 0 amide bonds. The summed E-state index contributed by atoms with van der Waals surface area (Å²) in [5, 5.41) is 0. The molecule has 0 radical (unpaired) electrons. The molecule has 0 saturated carbocycles. The molecule has 1 aromatic rings. The van der Waals surface area contributed by atoms with Crippen LogP contribution < -0.4 is 4.74 Å². The van der Waals surface area contributed by atoms with E-state index in [1.54, 1.807) is 12.1 Å². The number of hydrogen-bond acceptors (Lipinski definition) is 6. The van der Waals surface area contributed by atoms with E-state index in [1.165, 1.54) is 0 Å². The average Bonchev–Trinajstić information content (AvgIpc) is 2.58. The summed E-state index contributed by atoms with van der Waals surface area (Å²) in [5.41, 5.74) is 0.815. The van der Waals surface area contributed by atoms with Crippen molar-refractivity contribution in [1.29, 1.82) is 0 Å². The van der Waals surface area contributed by atoms with Gasteiger partial charge in [-0.25, -0.2) is 9.59 Å². The third-order valence-corrected chi connectivity index (χ3v) is 2.58. The molecule has 0 N–H and O–H groups in total. The zero-order valence-corrected chi connectivity index (χ0v) is 12.9. The van der Waals surface area contributed by atoms with Crippen molar-refractivity contribution in [3.8, 4) is 5.75 Å². The van der Waals surface area contributed by atoms with Crippen LogP contribution in [0, 0.1) is 0 Å². The van der Waals surface area contributed by atoms with Gasteiger partial charge in [0.15, 0.2) is 0 Å². The number of hydrogen-bond donors (Lipinski definition) is 0. The molecule has 1 aromatic carbocycles. The molecule has 0 unspecified atom stereocenters. The van der Waals surface area contributed by atoms with Crippen molar-refractivity contribution >= 4 is 11.9 Å². The predicted octanol–water partition coefficient (Wildman–Crippen LogP) is 2.04. The lowest BCUT2D eigenvalue weighted by atomic mass is 10.2. The number of ether oxygens (including phenoxy) is 4. The zero-order valence-electron chi connectivity index (χ0n) is 12.9. The Morgan fingerprint density at radius 3 is 2.39 bits per heavy atom. The summed E-state index contributed by atoms with van der Waals surface area (Å²) in [6, 6.07) is 7.21. The lowest BCUT2D eigenvalue weighted by Crippen LogP contribution is -2.12. The van der Waals surface area contributed by atoms with Crippen molar-refractivity contribution in [2.45, 2.75) is 6.61 Å². The van der Waals surface area contributed by atoms with Gasteiger partial charge in [-0.2, -0.15) is 0 Å². The fourth-order valence-corrected chi connectivity index (χ4v) is 1.52. The van der Waals surface area contributed by atoms with Crippen molar-refractivity contribution in [3.63, 3.8) is 0 Å². The van der Waals surface area contributed by atoms with Gasteiger partial charge in [0.2, 0.25) is 0 Å². The fourth-order valence-electron chi connectivity index (χ4n) is 1.52. The molecule has 0 aromatic heterocycles. The van der Waals surface area contributed by atoms with Crippen molar-refractivity contribution in [1.82, 2.24) is 0 Å². The molecular weight excluding hydrogens is 300 g/mol. The summed E-state index contributed by atoms with van der Waals surface area (Å²) in [5.74, 6) is -0.292. The van der Waals surface area contributed by atoms with Gasteiger partial charge in [0.25, 0.3) is 0 Å². The Labute approximate surface area is 135 Å². The SMILES string of the molecule is C=CC(=O)OCCOCCOc1cccc(COC(=O)C=C)c1. The molecule has 0 saturated heterocycles. The van der Waals surface area contributed by atoms with Crippen LogP contribution in [0.1, 0.15) is 5.56 Å². The molecule has 0 aliphatic carbocycles. The maximum Gasteiger partial charge on any atom is 0.330 e. The lowest BCUT2D eigenvalue weighted by molar-refractivity contribution is -0.140. The third-order valence-electron chi connectivity index (χ3n) is 2.58. The van der Waals surface area contributed by atoms with Crippen LogP contribution in [0.4, 0.5) is 0 Å². The summed E-state index contributed by atoms with van der Waals surface area (Å²) in [7, 11) is 0. The van der Waals surface area contributed by atoms with Crippen LogP contribution in [0.2, 0.25) is 0 Å². The van der Waals surface area contributed by atoms with E-state index in [-0.39, 0.29) is 13.2 Å². The molecule has 0 heterocycles. The van der Waals surface area contributed by atoms with Crippen LogP contribution >= 0.6 is 0 Å². The highest BCUT2D eigenvalue weighted by molar-refractivity contribution is 5.81. The van der Waals surface area contributed by atoms with Gasteiger partial charge in [-0.15, -0.1) is 0 Å². The topological polar surface area (TPSA) is 71.1 Å². The first-order valence-corrected chi connectivity index (χ1v) is 7.03. The van der Waals surface area contributed by atoms with Crippen molar-refractivity contribution in [3.05, 3.63) is 55.1 Å². The molecule has 6 heteroatoms. The largest absolute Gasteiger partial charge is 0.491 e. The number of rotatable bonds is 11. The molecule has 1 rings (SSSR count). The third kappa shape index (κ3) is 8.43. The second-order valence-corrected chi connectivity index (χ2v) is 4.29. The Morgan fingerprint density at radius 1 is 0.957 bits per heavy atom. The summed E-state index contributed by atoms with van der Waals surface area (Å²) < 4.78 is 20.5. The van der Waals surface area contributed by atoms with Crippen LogP contribution in [0.15, 0.2) is 49.6 Å². The molecule has 0 aliphatic heterocycles. The van der Waals surface area contributed by atoms with E-state index in [1.807, 2.05) is 12.1 Å². The van der Waals surface area contributed by atoms with Crippen LogP contribution in [0.25, 0.3) is 0 Å². The maximum absolute atomic E-state index is 11.0. The Balaban J connectivity index is 2.19. The van der Waals surface area contributed by atoms with Gasteiger partial charge in [-0.3, -0.25) is 0 Å². The van der Waals surface area contributed by atoms with Gasteiger partial charge in [-0.1, -0.05) is 25.3 Å². The van der Waals surface area contributed by atoms with E-state index in [4.69, 9.17) is 18.9 Å². The minimum atomic E-state index is -0.473. The number of carbonyl (C=O) groups excluding carboxylic acids is 2. The number of esters is 2. The molecule has 23 heavy (non-hydrogen) atoms. The van der Waals surface area contributed by atoms with Gasteiger partial charge < -0.3 is 18.9 Å². The van der Waals surface area contributed by atoms with E-state index in [0.717, 1.165) is 17.7 Å². The van der Waals surface area contributed by atoms with E-state index in [9.17, 15) is 9.59 Å². The van der Waals surface area contributed by atoms with E-state index in [0.29, 0.717) is 25.6 Å². The Bertz CT molecular complexity index is 538. The first kappa shape index (κ1) is 18.4. The second-order valence-electron chi connectivity index (χ2n) is 4.29. The molecule has 0 atom stereocenters. The summed E-state index contributed by atoms with van der Waals surface area (Å²) in [6.07, 6.45) is 2.21. The van der Waals surface area contributed by atoms with Crippen molar-refractivity contribution < 1.29 is 28.5 Å². The van der Waals surface area contributed by atoms with Gasteiger partial charge in [-0.05, 0) is 17.7 Å². The van der Waals surface area contributed by atoms with E-state index < -0.39 is 11.9 Å². The van der Waals surface area contributed by atoms with Crippen molar-refractivity contribution in [2.75, 3.05) is 26.4 Å². The maximum atomic E-state index is 11.0. The minimum Gasteiger partial charge on any atom is -0.491 e. The molecule has 6 nitrogen and oxygen atoms in total. The van der Waals surface area contributed by atoms with Gasteiger partial charge in [0.05, 0.1) is 13.2 Å². The van der Waals surface area contributed by atoms with Crippen LogP contribution in [-0.4, -0.2) is 38.4 Å². The fraction of sp³-hybridized carbons (Fsp3) is 0.294. The van der Waals surface area contributed by atoms with Gasteiger partial charge in [0, 0.05) is 12.2 Å². The van der Waals surface area contributed by atoms with Gasteiger partial charge >= 0.3 is 11.9 Å². The van der Waals surface area contributed by atoms with E-state index >= 15 is 0 Å². The smallest absolute Gasteiger partial charge is 0.330 e. The Hall–Kier alpha value is -2.60. The van der Waals surface area contributed by atoms with Gasteiger partial charge in [0.1, 0.15) is 25.6 Å². The second kappa shape index (κ2) is 11.0.